The van der Waals surface area contributed by atoms with Gasteiger partial charge in [-0.3, -0.25) is 4.79 Å². The van der Waals surface area contributed by atoms with Crippen LogP contribution in [0, 0.1) is 0 Å². The molecule has 0 aliphatic carbocycles. The molecule has 0 bridgehead atoms. The lowest BCUT2D eigenvalue weighted by Gasteiger charge is -2.00. The van der Waals surface area contributed by atoms with Gasteiger partial charge >= 0.3 is 0 Å². The fourth-order valence-corrected chi connectivity index (χ4v) is 0.459. The van der Waals surface area contributed by atoms with Crippen molar-refractivity contribution >= 4 is 11.8 Å². The first-order valence-electron chi connectivity index (χ1n) is 3.10. The van der Waals surface area contributed by atoms with E-state index in [1.807, 2.05) is 0 Å². The van der Waals surface area contributed by atoms with Crippen LogP contribution < -0.4 is 5.11 Å². The van der Waals surface area contributed by atoms with Gasteiger partial charge in [0, 0.05) is 0 Å². The highest BCUT2D eigenvalue weighted by Crippen LogP contribution is 1.93. The summed E-state index contributed by atoms with van der Waals surface area (Å²) in [4.78, 5) is 20.2. The number of Topliss-reactive ketones (excluding diaryl/α,β-unsaturated/α-hetero) is 1. The van der Waals surface area contributed by atoms with E-state index >= 15 is 0 Å². The largest absolute Gasteiger partial charge is 0.545 e. The maximum atomic E-state index is 10.4. The zero-order chi connectivity index (χ0) is 8.85. The molecule has 0 spiro atoms. The van der Waals surface area contributed by atoms with E-state index in [4.69, 9.17) is 5.11 Å². The number of carbonyl (C=O) groups is 2. The molecule has 0 aliphatic heterocycles. The first-order valence-corrected chi connectivity index (χ1v) is 3.10. The number of hydrogen-bond donors (Lipinski definition) is 1. The van der Waals surface area contributed by atoms with Gasteiger partial charge in [-0.15, -0.1) is 0 Å². The Morgan fingerprint density at radius 2 is 2.18 bits per heavy atom. The summed E-state index contributed by atoms with van der Waals surface area (Å²) >= 11 is 0. The number of carbonyl (C=O) groups excluding carboxylic acids is 2. The molecule has 0 aromatic carbocycles. The lowest BCUT2D eigenvalue weighted by Crippen LogP contribution is -2.19. The second-order valence-corrected chi connectivity index (χ2v) is 2.08. The van der Waals surface area contributed by atoms with Crippen molar-refractivity contribution in [2.24, 2.45) is 0 Å². The Labute approximate surface area is 64.2 Å². The number of carboxylic acids is 1. The van der Waals surface area contributed by atoms with E-state index in [1.54, 1.807) is 0 Å². The first-order chi connectivity index (χ1) is 5.04. The van der Waals surface area contributed by atoms with E-state index in [1.165, 1.54) is 13.0 Å². The topological polar surface area (TPSA) is 77.4 Å². The molecule has 0 radical (unpaired) electrons. The van der Waals surface area contributed by atoms with Crippen LogP contribution in [-0.2, 0) is 9.59 Å². The normalized spacial score (nSPS) is 13.3. The Morgan fingerprint density at radius 3 is 2.55 bits per heavy atom. The molecule has 0 unspecified atom stereocenters. The van der Waals surface area contributed by atoms with E-state index in [9.17, 15) is 14.7 Å². The minimum Gasteiger partial charge on any atom is -0.545 e. The quantitative estimate of drug-likeness (QED) is 0.511. The average Bonchev–Trinajstić information content (AvgIpc) is 1.86. The maximum absolute atomic E-state index is 10.4. The molecular weight excluding hydrogens is 148 g/mol. The van der Waals surface area contributed by atoms with Gasteiger partial charge in [-0.05, 0) is 19.4 Å². The van der Waals surface area contributed by atoms with Crippen LogP contribution in [0.2, 0.25) is 0 Å². The highest BCUT2D eigenvalue weighted by molar-refractivity contribution is 5.81. The summed E-state index contributed by atoms with van der Waals surface area (Å²) in [5, 5.41) is 18.6. The molecule has 0 aromatic rings. The van der Waals surface area contributed by atoms with Crippen LogP contribution in [0.1, 0.15) is 13.3 Å². The number of carboxylic acid groups (broad SMARTS) is 1. The van der Waals surface area contributed by atoms with Crippen molar-refractivity contribution in [2.75, 3.05) is 0 Å². The molecule has 1 atom stereocenters. The van der Waals surface area contributed by atoms with Crippen molar-refractivity contribution in [2.45, 2.75) is 19.4 Å². The molecule has 1 N–H and O–H groups in total. The molecular formula is C7H9O4-. The van der Waals surface area contributed by atoms with Crippen molar-refractivity contribution in [3.05, 3.63) is 12.2 Å². The minimum absolute atomic E-state index is 0.0172. The third-order valence-corrected chi connectivity index (χ3v) is 1.08. The smallest absolute Gasteiger partial charge is 0.158 e. The predicted molar refractivity (Wildman–Crippen MR) is 35.5 cm³/mol. The summed E-state index contributed by atoms with van der Waals surface area (Å²) in [5.41, 5.74) is 0. The van der Waals surface area contributed by atoms with Crippen molar-refractivity contribution in [1.29, 1.82) is 0 Å². The number of aliphatic carboxylic acids is 1. The van der Waals surface area contributed by atoms with Gasteiger partial charge in [0.15, 0.2) is 5.78 Å². The molecule has 0 heterocycles. The Hall–Kier alpha value is -1.16. The molecule has 0 amide bonds. The monoisotopic (exact) mass is 157 g/mol. The minimum atomic E-state index is -1.33. The van der Waals surface area contributed by atoms with Crippen LogP contribution in [0.25, 0.3) is 0 Å². The van der Waals surface area contributed by atoms with Crippen molar-refractivity contribution in [1.82, 2.24) is 0 Å². The van der Waals surface area contributed by atoms with Gasteiger partial charge in [0.1, 0.15) is 6.10 Å². The summed E-state index contributed by atoms with van der Waals surface area (Å²) in [6, 6.07) is 0. The maximum Gasteiger partial charge on any atom is 0.158 e. The van der Waals surface area contributed by atoms with Gasteiger partial charge in [0.05, 0.1) is 5.97 Å². The average molecular weight is 157 g/mol. The SMILES string of the molecule is CC(=O)[C@H](O)C/C=C/C(=O)[O-]. The van der Waals surface area contributed by atoms with E-state index in [2.05, 4.69) is 0 Å². The van der Waals surface area contributed by atoms with Crippen LogP contribution >= 0.6 is 0 Å². The van der Waals surface area contributed by atoms with Crippen LogP contribution in [-0.4, -0.2) is 23.0 Å². The van der Waals surface area contributed by atoms with E-state index in [0.717, 1.165) is 6.08 Å². The summed E-state index contributed by atoms with van der Waals surface area (Å²) in [5.74, 6) is -1.71. The van der Waals surface area contributed by atoms with Gasteiger partial charge < -0.3 is 15.0 Å². The van der Waals surface area contributed by atoms with Crippen molar-refractivity contribution in [3.63, 3.8) is 0 Å². The molecule has 0 saturated carbocycles. The highest BCUT2D eigenvalue weighted by Gasteiger charge is 2.05. The van der Waals surface area contributed by atoms with Gasteiger partial charge in [-0.1, -0.05) is 6.08 Å². The van der Waals surface area contributed by atoms with Gasteiger partial charge in [-0.25, -0.2) is 0 Å². The standard InChI is InChI=1S/C7H10O4/c1-5(8)6(9)3-2-4-7(10)11/h2,4,6,9H,3H2,1H3,(H,10,11)/p-1/b4-2+/t6-/m1/s1. The molecule has 0 aliphatic rings. The highest BCUT2D eigenvalue weighted by atomic mass is 16.4. The molecule has 11 heavy (non-hydrogen) atoms. The lowest BCUT2D eigenvalue weighted by atomic mass is 10.2. The third-order valence-electron chi connectivity index (χ3n) is 1.08. The number of aliphatic hydroxyl groups is 1. The van der Waals surface area contributed by atoms with Crippen LogP contribution in [0.5, 0.6) is 0 Å². The fourth-order valence-electron chi connectivity index (χ4n) is 0.459. The second-order valence-electron chi connectivity index (χ2n) is 2.08. The predicted octanol–water partition coefficient (Wildman–Crippen LogP) is -1.37. The molecule has 0 rings (SSSR count). The van der Waals surface area contributed by atoms with E-state index in [0.29, 0.717) is 0 Å². The van der Waals surface area contributed by atoms with E-state index in [-0.39, 0.29) is 12.2 Å². The van der Waals surface area contributed by atoms with E-state index < -0.39 is 12.1 Å². The summed E-state index contributed by atoms with van der Waals surface area (Å²) in [6.45, 7) is 1.23. The first kappa shape index (κ1) is 9.84. The Morgan fingerprint density at radius 1 is 1.64 bits per heavy atom. The third kappa shape index (κ3) is 5.29. The van der Waals surface area contributed by atoms with Crippen LogP contribution in [0.3, 0.4) is 0 Å². The molecule has 0 aromatic heterocycles. The number of ketones is 1. The summed E-state index contributed by atoms with van der Waals surface area (Å²) < 4.78 is 0. The molecule has 4 heteroatoms. The van der Waals surface area contributed by atoms with Crippen molar-refractivity contribution < 1.29 is 19.8 Å². The van der Waals surface area contributed by atoms with Crippen LogP contribution in [0.4, 0.5) is 0 Å². The molecule has 0 saturated heterocycles. The van der Waals surface area contributed by atoms with Gasteiger partial charge in [0.25, 0.3) is 0 Å². The van der Waals surface area contributed by atoms with Crippen LogP contribution in [0.15, 0.2) is 12.2 Å². The molecule has 62 valence electrons. The summed E-state index contributed by atoms with van der Waals surface area (Å²) in [7, 11) is 0. The summed E-state index contributed by atoms with van der Waals surface area (Å²) in [6.07, 6.45) is 0.877. The lowest BCUT2D eigenvalue weighted by molar-refractivity contribution is -0.297. The second kappa shape index (κ2) is 4.62. The molecule has 4 nitrogen and oxygen atoms in total. The zero-order valence-corrected chi connectivity index (χ0v) is 6.11. The molecule has 0 fully saturated rings. The Balaban J connectivity index is 3.70. The van der Waals surface area contributed by atoms with Gasteiger partial charge in [0.2, 0.25) is 0 Å². The Kier molecular flexibility index (Phi) is 4.14. The fraction of sp³-hybridized carbons (Fsp3) is 0.429. The Bertz CT molecular complexity index is 183. The van der Waals surface area contributed by atoms with Crippen molar-refractivity contribution in [3.8, 4) is 0 Å². The zero-order valence-electron chi connectivity index (χ0n) is 6.11. The number of hydrogen-bond acceptors (Lipinski definition) is 4. The number of rotatable bonds is 4. The number of aliphatic hydroxyl groups excluding tert-OH is 1. The van der Waals surface area contributed by atoms with Gasteiger partial charge in [-0.2, -0.15) is 0 Å².